The summed E-state index contributed by atoms with van der Waals surface area (Å²) in [6.07, 6.45) is 0.861. The number of carbonyl (C=O) groups excluding carboxylic acids is 2. The van der Waals surface area contributed by atoms with Crippen LogP contribution >= 0.6 is 0 Å². The first-order chi connectivity index (χ1) is 15.1. The molecule has 0 radical (unpaired) electrons. The van der Waals surface area contributed by atoms with E-state index in [0.29, 0.717) is 17.0 Å². The molecule has 4 rings (SSSR count). The predicted octanol–water partition coefficient (Wildman–Crippen LogP) is 1.14. The highest BCUT2D eigenvalue weighted by Gasteiger charge is 2.41. The third kappa shape index (κ3) is 6.31. The lowest BCUT2D eigenvalue weighted by Crippen LogP contribution is -2.45. The van der Waals surface area contributed by atoms with Crippen LogP contribution in [0, 0.1) is 5.92 Å². The molecule has 10 nitrogen and oxygen atoms in total. The molecule has 0 spiro atoms. The molecule has 2 saturated carbocycles. The second kappa shape index (κ2) is 8.85. The highest BCUT2D eigenvalue weighted by atomic mass is 19.4. The van der Waals surface area contributed by atoms with Gasteiger partial charge in [0.15, 0.2) is 0 Å². The monoisotopic (exact) mass is 459 g/mol. The first-order valence-corrected chi connectivity index (χ1v) is 10.8. The molecule has 3 fully saturated rings. The van der Waals surface area contributed by atoms with Crippen molar-refractivity contribution in [1.82, 2.24) is 36.5 Å². The van der Waals surface area contributed by atoms with E-state index in [4.69, 9.17) is 4.74 Å². The number of hydrazine groups is 1. The largest absolute Gasteiger partial charge is 0.446 e. The van der Waals surface area contributed by atoms with Crippen LogP contribution in [0.5, 0.6) is 0 Å². The molecule has 2 heterocycles. The summed E-state index contributed by atoms with van der Waals surface area (Å²) in [5.74, 6) is -0.0529. The van der Waals surface area contributed by atoms with Gasteiger partial charge in [-0.25, -0.2) is 14.9 Å². The zero-order chi connectivity index (χ0) is 22.9. The molecule has 178 valence electrons. The van der Waals surface area contributed by atoms with Gasteiger partial charge in [-0.2, -0.15) is 13.2 Å². The maximum absolute atomic E-state index is 12.4. The molecule has 2 aliphatic carbocycles. The molecular weight excluding hydrogens is 431 g/mol. The fraction of sp³-hybridized carbons (Fsp3) is 0.789. The van der Waals surface area contributed by atoms with E-state index in [1.54, 1.807) is 0 Å². The Balaban J connectivity index is 1.17. The number of hydrogen-bond donors (Lipinski definition) is 4. The van der Waals surface area contributed by atoms with Gasteiger partial charge < -0.3 is 15.4 Å². The van der Waals surface area contributed by atoms with Crippen molar-refractivity contribution in [2.75, 3.05) is 0 Å². The van der Waals surface area contributed by atoms with Crippen molar-refractivity contribution in [2.24, 2.45) is 5.92 Å². The number of nitrogens with zero attached hydrogens (tertiary/aromatic N) is 3. The predicted molar refractivity (Wildman–Crippen MR) is 105 cm³/mol. The van der Waals surface area contributed by atoms with Gasteiger partial charge in [-0.15, -0.1) is 5.10 Å². The van der Waals surface area contributed by atoms with E-state index in [-0.39, 0.29) is 48.0 Å². The number of ether oxygens (including phenoxy) is 1. The summed E-state index contributed by atoms with van der Waals surface area (Å²) in [7, 11) is 0. The van der Waals surface area contributed by atoms with Gasteiger partial charge in [0.1, 0.15) is 12.6 Å². The lowest BCUT2D eigenvalue weighted by Gasteiger charge is -2.19. The number of rotatable bonds is 7. The molecule has 1 aromatic heterocycles. The van der Waals surface area contributed by atoms with Crippen LogP contribution in [-0.2, 0) is 22.5 Å². The van der Waals surface area contributed by atoms with Crippen molar-refractivity contribution >= 4 is 12.0 Å². The number of amides is 2. The van der Waals surface area contributed by atoms with Crippen LogP contribution in [0.4, 0.5) is 18.0 Å². The lowest BCUT2D eigenvalue weighted by atomic mass is 9.96. The maximum Gasteiger partial charge on any atom is 0.408 e. The Kier molecular flexibility index (Phi) is 6.30. The van der Waals surface area contributed by atoms with Gasteiger partial charge in [0.05, 0.1) is 18.3 Å². The first kappa shape index (κ1) is 22.8. The van der Waals surface area contributed by atoms with Gasteiger partial charge in [0.2, 0.25) is 5.91 Å². The number of hydrogen-bond acceptors (Lipinski definition) is 7. The molecule has 0 aromatic carbocycles. The van der Waals surface area contributed by atoms with Crippen LogP contribution < -0.4 is 21.5 Å². The number of nitrogens with one attached hydrogen (secondary N) is 4. The number of aromatic nitrogens is 3. The first-order valence-electron chi connectivity index (χ1n) is 10.8. The van der Waals surface area contributed by atoms with Crippen LogP contribution in [0.25, 0.3) is 0 Å². The number of halogens is 3. The number of alkyl halides is 3. The SMILES string of the molecule is CC1(NC(=O)O[C@@H]2CC[C@H](C3CC(NC(=O)Cc4cn(CC(F)(F)F)nn4)NN3)C2)CC1. The zero-order valence-corrected chi connectivity index (χ0v) is 17.7. The minimum Gasteiger partial charge on any atom is -0.446 e. The van der Waals surface area contributed by atoms with Crippen molar-refractivity contribution in [2.45, 2.75) is 88.4 Å². The summed E-state index contributed by atoms with van der Waals surface area (Å²) in [5, 5.41) is 12.7. The standard InChI is InChI=1S/C19H28F3N7O3/c1-18(4-5-18)24-17(31)32-13-3-2-11(6-13)14-8-15(27-26-14)23-16(30)7-12-9-29(28-25-12)10-19(20,21)22/h9,11,13-15,26-27H,2-8,10H2,1H3,(H,23,30)(H,24,31)/t11-,13+,14?,15?/m0/s1. The summed E-state index contributed by atoms with van der Waals surface area (Å²) in [4.78, 5) is 24.2. The van der Waals surface area contributed by atoms with Gasteiger partial charge in [-0.1, -0.05) is 5.21 Å². The molecule has 4 atom stereocenters. The Morgan fingerprint density at radius 3 is 2.78 bits per heavy atom. The van der Waals surface area contributed by atoms with Gasteiger partial charge >= 0.3 is 12.3 Å². The molecule has 3 aliphatic rings. The molecule has 2 unspecified atom stereocenters. The van der Waals surface area contributed by atoms with E-state index in [0.717, 1.165) is 38.3 Å². The van der Waals surface area contributed by atoms with Crippen molar-refractivity contribution in [1.29, 1.82) is 0 Å². The van der Waals surface area contributed by atoms with Crippen molar-refractivity contribution in [3.05, 3.63) is 11.9 Å². The van der Waals surface area contributed by atoms with Crippen LogP contribution in [0.1, 0.15) is 51.1 Å². The quantitative estimate of drug-likeness (QED) is 0.482. The minimum atomic E-state index is -4.40. The molecule has 13 heteroatoms. The normalized spacial score (nSPS) is 29.0. The smallest absolute Gasteiger partial charge is 0.408 e. The van der Waals surface area contributed by atoms with Gasteiger partial charge in [0.25, 0.3) is 0 Å². The van der Waals surface area contributed by atoms with E-state index in [1.807, 2.05) is 6.92 Å². The third-order valence-electron chi connectivity index (χ3n) is 6.21. The Morgan fingerprint density at radius 2 is 2.06 bits per heavy atom. The second-order valence-electron chi connectivity index (χ2n) is 9.24. The molecule has 1 aromatic rings. The summed E-state index contributed by atoms with van der Waals surface area (Å²) in [5.41, 5.74) is 6.29. The zero-order valence-electron chi connectivity index (χ0n) is 17.7. The fourth-order valence-corrected chi connectivity index (χ4v) is 4.26. The molecule has 32 heavy (non-hydrogen) atoms. The highest BCUT2D eigenvalue weighted by Crippen LogP contribution is 2.36. The maximum atomic E-state index is 12.4. The third-order valence-corrected chi connectivity index (χ3v) is 6.21. The van der Waals surface area contributed by atoms with Gasteiger partial charge in [0, 0.05) is 17.8 Å². The average molecular weight is 459 g/mol. The Bertz CT molecular complexity index is 842. The molecule has 4 N–H and O–H groups in total. The van der Waals surface area contributed by atoms with E-state index < -0.39 is 12.7 Å². The summed E-state index contributed by atoms with van der Waals surface area (Å²) < 4.78 is 43.4. The fourth-order valence-electron chi connectivity index (χ4n) is 4.26. The topological polar surface area (TPSA) is 122 Å². The van der Waals surface area contributed by atoms with Crippen LogP contribution in [-0.4, -0.2) is 57.0 Å². The molecular formula is C19H28F3N7O3. The second-order valence-corrected chi connectivity index (χ2v) is 9.24. The van der Waals surface area contributed by atoms with E-state index in [9.17, 15) is 22.8 Å². The molecule has 0 bridgehead atoms. The summed E-state index contributed by atoms with van der Waals surface area (Å²) in [6, 6.07) is 0.116. The van der Waals surface area contributed by atoms with Crippen molar-refractivity contribution < 1.29 is 27.5 Å². The minimum absolute atomic E-state index is 0.107. The van der Waals surface area contributed by atoms with Crippen molar-refractivity contribution in [3.8, 4) is 0 Å². The lowest BCUT2D eigenvalue weighted by molar-refractivity contribution is -0.142. The Hall–Kier alpha value is -2.41. The van der Waals surface area contributed by atoms with E-state index in [2.05, 4.69) is 31.8 Å². The number of carbonyl (C=O) groups is 2. The van der Waals surface area contributed by atoms with Crippen LogP contribution in [0.15, 0.2) is 6.20 Å². The van der Waals surface area contributed by atoms with Crippen LogP contribution in [0.3, 0.4) is 0 Å². The average Bonchev–Trinajstić information content (AvgIpc) is 3.10. The van der Waals surface area contributed by atoms with Crippen LogP contribution in [0.2, 0.25) is 0 Å². The Morgan fingerprint density at radius 1 is 1.28 bits per heavy atom. The molecule has 2 amide bonds. The summed E-state index contributed by atoms with van der Waals surface area (Å²) >= 11 is 0. The highest BCUT2D eigenvalue weighted by molar-refractivity contribution is 5.78. The Labute approximate surface area is 183 Å². The molecule has 1 saturated heterocycles. The number of alkyl carbamates (subject to hydrolysis) is 1. The summed E-state index contributed by atoms with van der Waals surface area (Å²) in [6.45, 7) is 0.753. The van der Waals surface area contributed by atoms with E-state index in [1.165, 1.54) is 0 Å². The van der Waals surface area contributed by atoms with Gasteiger partial charge in [-0.3, -0.25) is 10.2 Å². The molecule has 1 aliphatic heterocycles. The van der Waals surface area contributed by atoms with E-state index >= 15 is 0 Å². The van der Waals surface area contributed by atoms with Crippen molar-refractivity contribution in [3.63, 3.8) is 0 Å². The van der Waals surface area contributed by atoms with Gasteiger partial charge in [-0.05, 0) is 51.4 Å².